The predicted octanol–water partition coefficient (Wildman–Crippen LogP) is 2.39. The number of benzene rings is 1. The monoisotopic (exact) mass is 247 g/mol. The molecule has 2 rings (SSSR count). The van der Waals surface area contributed by atoms with Gasteiger partial charge in [-0.1, -0.05) is 36.2 Å². The first-order chi connectivity index (χ1) is 8.72. The number of aryl methyl sites for hydroxylation is 1. The fourth-order valence-electron chi connectivity index (χ4n) is 2.69. The number of carbonyl (C=O) groups is 1. The minimum Gasteiger partial charge on any atom is -0.469 e. The number of piperidine rings is 1. The normalized spacial score (nSPS) is 21.3. The zero-order valence-corrected chi connectivity index (χ0v) is 11.1. The number of rotatable bonds is 3. The molecule has 0 aromatic heterocycles. The lowest BCUT2D eigenvalue weighted by atomic mass is 9.86. The molecule has 1 N–H and O–H groups in total. The molecule has 0 spiro atoms. The van der Waals surface area contributed by atoms with Crippen molar-refractivity contribution < 1.29 is 9.53 Å². The Labute approximate surface area is 109 Å². The van der Waals surface area contributed by atoms with Crippen LogP contribution in [0.15, 0.2) is 24.3 Å². The molecule has 1 heterocycles. The SMILES string of the molecule is COC(=O)[C@@H](c1cccc(C)c1)C1CCCCN1. The predicted molar refractivity (Wildman–Crippen MR) is 71.6 cm³/mol. The second-order valence-electron chi connectivity index (χ2n) is 4.97. The van der Waals surface area contributed by atoms with Gasteiger partial charge in [0.05, 0.1) is 13.0 Å². The summed E-state index contributed by atoms with van der Waals surface area (Å²) in [6, 6.07) is 8.35. The van der Waals surface area contributed by atoms with Crippen molar-refractivity contribution in [3.63, 3.8) is 0 Å². The summed E-state index contributed by atoms with van der Waals surface area (Å²) >= 11 is 0. The Balaban J connectivity index is 2.26. The number of hydrogen-bond acceptors (Lipinski definition) is 3. The van der Waals surface area contributed by atoms with E-state index in [1.54, 1.807) is 0 Å². The number of carbonyl (C=O) groups excluding carboxylic acids is 1. The first kappa shape index (κ1) is 13.1. The van der Waals surface area contributed by atoms with E-state index < -0.39 is 0 Å². The summed E-state index contributed by atoms with van der Waals surface area (Å²) in [4.78, 5) is 12.1. The Morgan fingerprint density at radius 3 is 2.89 bits per heavy atom. The van der Waals surface area contributed by atoms with Crippen molar-refractivity contribution in [3.05, 3.63) is 35.4 Å². The highest BCUT2D eigenvalue weighted by atomic mass is 16.5. The van der Waals surface area contributed by atoms with Gasteiger partial charge in [0.2, 0.25) is 0 Å². The van der Waals surface area contributed by atoms with Crippen LogP contribution >= 0.6 is 0 Å². The van der Waals surface area contributed by atoms with E-state index in [9.17, 15) is 4.79 Å². The maximum Gasteiger partial charge on any atom is 0.314 e. The van der Waals surface area contributed by atoms with Crippen LogP contribution in [-0.4, -0.2) is 25.7 Å². The molecule has 0 amide bonds. The van der Waals surface area contributed by atoms with Gasteiger partial charge in [0.1, 0.15) is 0 Å². The standard InChI is InChI=1S/C15H21NO2/c1-11-6-5-7-12(10-11)14(15(17)18-2)13-8-3-4-9-16-13/h5-7,10,13-14,16H,3-4,8-9H2,1-2H3/t13?,14-/m0/s1. The van der Waals surface area contributed by atoms with E-state index in [1.165, 1.54) is 25.5 Å². The van der Waals surface area contributed by atoms with Gasteiger partial charge in [0, 0.05) is 6.04 Å². The fraction of sp³-hybridized carbons (Fsp3) is 0.533. The van der Waals surface area contributed by atoms with E-state index in [0.29, 0.717) is 0 Å². The van der Waals surface area contributed by atoms with Crippen LogP contribution in [0.4, 0.5) is 0 Å². The van der Waals surface area contributed by atoms with Gasteiger partial charge >= 0.3 is 5.97 Å². The molecular weight excluding hydrogens is 226 g/mol. The van der Waals surface area contributed by atoms with Gasteiger partial charge in [-0.2, -0.15) is 0 Å². The van der Waals surface area contributed by atoms with Crippen molar-refractivity contribution in [2.75, 3.05) is 13.7 Å². The molecule has 1 aliphatic heterocycles. The third-order valence-corrected chi connectivity index (χ3v) is 3.61. The zero-order chi connectivity index (χ0) is 13.0. The molecular formula is C15H21NO2. The summed E-state index contributed by atoms with van der Waals surface area (Å²) in [5.41, 5.74) is 2.23. The first-order valence-electron chi connectivity index (χ1n) is 6.60. The van der Waals surface area contributed by atoms with Crippen LogP contribution < -0.4 is 5.32 Å². The molecule has 98 valence electrons. The van der Waals surface area contributed by atoms with Gasteiger partial charge in [0.25, 0.3) is 0 Å². The van der Waals surface area contributed by atoms with Crippen LogP contribution in [0.1, 0.15) is 36.3 Å². The van der Waals surface area contributed by atoms with Crippen LogP contribution in [0.2, 0.25) is 0 Å². The van der Waals surface area contributed by atoms with Crippen molar-refractivity contribution >= 4 is 5.97 Å². The summed E-state index contributed by atoms with van der Waals surface area (Å²) < 4.78 is 4.98. The molecule has 2 atom stereocenters. The van der Waals surface area contributed by atoms with Crippen molar-refractivity contribution in [2.24, 2.45) is 0 Å². The van der Waals surface area contributed by atoms with Crippen molar-refractivity contribution in [1.82, 2.24) is 5.32 Å². The fourth-order valence-corrected chi connectivity index (χ4v) is 2.69. The van der Waals surface area contributed by atoms with E-state index in [0.717, 1.165) is 18.5 Å². The number of hydrogen-bond donors (Lipinski definition) is 1. The van der Waals surface area contributed by atoms with Gasteiger partial charge in [-0.05, 0) is 31.9 Å². The molecule has 0 radical (unpaired) electrons. The average Bonchev–Trinajstić information content (AvgIpc) is 2.40. The molecule has 0 aliphatic carbocycles. The second-order valence-corrected chi connectivity index (χ2v) is 4.97. The molecule has 1 aromatic rings. The Hall–Kier alpha value is -1.35. The molecule has 3 heteroatoms. The highest BCUT2D eigenvalue weighted by molar-refractivity contribution is 5.79. The maximum atomic E-state index is 12.1. The molecule has 1 unspecified atom stereocenters. The highest BCUT2D eigenvalue weighted by Crippen LogP contribution is 2.27. The lowest BCUT2D eigenvalue weighted by molar-refractivity contribution is -0.143. The summed E-state index contributed by atoms with van der Waals surface area (Å²) in [6.45, 7) is 3.04. The van der Waals surface area contributed by atoms with Gasteiger partial charge < -0.3 is 10.1 Å². The number of esters is 1. The van der Waals surface area contributed by atoms with Crippen LogP contribution in [-0.2, 0) is 9.53 Å². The van der Waals surface area contributed by atoms with E-state index in [-0.39, 0.29) is 17.9 Å². The molecule has 0 bridgehead atoms. The van der Waals surface area contributed by atoms with E-state index in [2.05, 4.69) is 11.4 Å². The summed E-state index contributed by atoms with van der Waals surface area (Å²) in [5.74, 6) is -0.324. The topological polar surface area (TPSA) is 38.3 Å². The molecule has 1 fully saturated rings. The highest BCUT2D eigenvalue weighted by Gasteiger charge is 2.31. The lowest BCUT2D eigenvalue weighted by Gasteiger charge is -2.30. The van der Waals surface area contributed by atoms with Crippen LogP contribution in [0.25, 0.3) is 0 Å². The number of methoxy groups -OCH3 is 1. The summed E-state index contributed by atoms with van der Waals surface area (Å²) in [7, 11) is 1.47. The second kappa shape index (κ2) is 6.01. The van der Waals surface area contributed by atoms with E-state index in [4.69, 9.17) is 4.74 Å². The van der Waals surface area contributed by atoms with E-state index >= 15 is 0 Å². The molecule has 3 nitrogen and oxygen atoms in total. The molecule has 0 saturated carbocycles. The van der Waals surface area contributed by atoms with E-state index in [1.807, 2.05) is 25.1 Å². The Morgan fingerprint density at radius 2 is 2.28 bits per heavy atom. The summed E-state index contributed by atoms with van der Waals surface area (Å²) in [5, 5.41) is 3.45. The average molecular weight is 247 g/mol. The Kier molecular flexibility index (Phi) is 4.37. The van der Waals surface area contributed by atoms with Crippen LogP contribution in [0.3, 0.4) is 0 Å². The zero-order valence-electron chi connectivity index (χ0n) is 11.1. The van der Waals surface area contributed by atoms with Crippen molar-refractivity contribution in [2.45, 2.75) is 38.1 Å². The van der Waals surface area contributed by atoms with Crippen LogP contribution in [0.5, 0.6) is 0 Å². The number of ether oxygens (including phenoxy) is 1. The minimum atomic E-state index is -0.185. The molecule has 1 saturated heterocycles. The maximum absolute atomic E-state index is 12.1. The first-order valence-corrected chi connectivity index (χ1v) is 6.60. The quantitative estimate of drug-likeness (QED) is 0.833. The Bertz CT molecular complexity index is 411. The third-order valence-electron chi connectivity index (χ3n) is 3.61. The smallest absolute Gasteiger partial charge is 0.314 e. The minimum absolute atomic E-state index is 0.139. The van der Waals surface area contributed by atoms with Crippen molar-refractivity contribution in [3.8, 4) is 0 Å². The third kappa shape index (κ3) is 2.91. The van der Waals surface area contributed by atoms with Gasteiger partial charge in [-0.3, -0.25) is 4.79 Å². The molecule has 1 aromatic carbocycles. The van der Waals surface area contributed by atoms with Gasteiger partial charge in [-0.25, -0.2) is 0 Å². The summed E-state index contributed by atoms with van der Waals surface area (Å²) in [6.07, 6.45) is 3.41. The van der Waals surface area contributed by atoms with Gasteiger partial charge in [0.15, 0.2) is 0 Å². The van der Waals surface area contributed by atoms with Gasteiger partial charge in [-0.15, -0.1) is 0 Å². The van der Waals surface area contributed by atoms with Crippen LogP contribution in [0, 0.1) is 6.92 Å². The largest absolute Gasteiger partial charge is 0.469 e. The molecule has 1 aliphatic rings. The molecule has 18 heavy (non-hydrogen) atoms. The Morgan fingerprint density at radius 1 is 1.44 bits per heavy atom. The number of nitrogens with one attached hydrogen (secondary N) is 1. The lowest BCUT2D eigenvalue weighted by Crippen LogP contribution is -2.42. The van der Waals surface area contributed by atoms with Crippen molar-refractivity contribution in [1.29, 1.82) is 0 Å².